The van der Waals surface area contributed by atoms with Crippen molar-refractivity contribution in [3.05, 3.63) is 46.1 Å². The van der Waals surface area contributed by atoms with Gasteiger partial charge in [-0.25, -0.2) is 13.6 Å². The average Bonchev–Trinajstić information content (AvgIpc) is 2.96. The Hall–Kier alpha value is -1.98. The third-order valence-corrected chi connectivity index (χ3v) is 3.76. The van der Waals surface area contributed by atoms with Gasteiger partial charge in [-0.05, 0) is 31.9 Å². The molecule has 1 aliphatic rings. The molecule has 1 saturated carbocycles. The highest BCUT2D eigenvalue weighted by Crippen LogP contribution is 2.29. The van der Waals surface area contributed by atoms with E-state index < -0.39 is 11.6 Å². The monoisotopic (exact) mass is 279 g/mol. The van der Waals surface area contributed by atoms with E-state index in [2.05, 4.69) is 5.10 Å². The second-order valence-corrected chi connectivity index (χ2v) is 5.18. The predicted molar refractivity (Wildman–Crippen MR) is 70.0 cm³/mol. The van der Waals surface area contributed by atoms with E-state index in [1.165, 1.54) is 0 Å². The lowest BCUT2D eigenvalue weighted by atomic mass is 10.2. The van der Waals surface area contributed by atoms with E-state index >= 15 is 0 Å². The maximum atomic E-state index is 13.3. The van der Waals surface area contributed by atoms with Gasteiger partial charge in [-0.15, -0.1) is 0 Å². The van der Waals surface area contributed by atoms with Crippen LogP contribution in [0.1, 0.15) is 37.5 Å². The third-order valence-electron chi connectivity index (χ3n) is 3.76. The molecular formula is C14H15F2N3O. The van der Waals surface area contributed by atoms with Gasteiger partial charge in [-0.1, -0.05) is 12.8 Å². The van der Waals surface area contributed by atoms with Crippen molar-refractivity contribution in [2.75, 3.05) is 0 Å². The Labute approximate surface area is 114 Å². The average molecular weight is 279 g/mol. The van der Waals surface area contributed by atoms with Gasteiger partial charge in [-0.2, -0.15) is 9.78 Å². The van der Waals surface area contributed by atoms with Gasteiger partial charge in [0.15, 0.2) is 0 Å². The summed E-state index contributed by atoms with van der Waals surface area (Å²) in [5, 5.41) is 4.14. The molecule has 1 heterocycles. The number of aromatic nitrogens is 3. The highest BCUT2D eigenvalue weighted by Gasteiger charge is 2.23. The third kappa shape index (κ3) is 2.15. The summed E-state index contributed by atoms with van der Waals surface area (Å²) >= 11 is 0. The van der Waals surface area contributed by atoms with E-state index in [0.717, 1.165) is 48.6 Å². The van der Waals surface area contributed by atoms with Crippen molar-refractivity contribution >= 4 is 0 Å². The summed E-state index contributed by atoms with van der Waals surface area (Å²) in [7, 11) is 0. The molecule has 0 aliphatic heterocycles. The van der Waals surface area contributed by atoms with Gasteiger partial charge in [0, 0.05) is 12.1 Å². The van der Waals surface area contributed by atoms with Crippen LogP contribution in [-0.4, -0.2) is 14.3 Å². The molecule has 0 N–H and O–H groups in total. The molecule has 6 heteroatoms. The SMILES string of the molecule is Cc1nn(-c2cc(F)cc(F)c2)c(=O)n1C1CCCC1. The molecule has 2 aromatic rings. The Morgan fingerprint density at radius 3 is 2.35 bits per heavy atom. The second kappa shape index (κ2) is 4.85. The van der Waals surface area contributed by atoms with E-state index in [4.69, 9.17) is 0 Å². The Morgan fingerprint density at radius 1 is 1.15 bits per heavy atom. The molecule has 1 aliphatic carbocycles. The molecule has 0 spiro atoms. The number of aryl methyl sites for hydroxylation is 1. The maximum absolute atomic E-state index is 13.3. The van der Waals surface area contributed by atoms with E-state index in [-0.39, 0.29) is 17.4 Å². The number of hydrogen-bond donors (Lipinski definition) is 0. The molecule has 0 radical (unpaired) electrons. The minimum atomic E-state index is -0.722. The Balaban J connectivity index is 2.11. The van der Waals surface area contributed by atoms with Crippen molar-refractivity contribution in [3.8, 4) is 5.69 Å². The van der Waals surface area contributed by atoms with E-state index in [1.54, 1.807) is 11.5 Å². The van der Waals surface area contributed by atoms with Crippen LogP contribution in [0, 0.1) is 18.6 Å². The molecule has 0 bridgehead atoms. The standard InChI is InChI=1S/C14H15F2N3O/c1-9-17-19(13-7-10(15)6-11(16)8-13)14(20)18(9)12-4-2-3-5-12/h6-8,12H,2-5H2,1H3. The molecule has 4 nitrogen and oxygen atoms in total. The highest BCUT2D eigenvalue weighted by atomic mass is 19.1. The minimum Gasteiger partial charge on any atom is -0.276 e. The van der Waals surface area contributed by atoms with Crippen LogP contribution in [0.4, 0.5) is 8.78 Å². The largest absolute Gasteiger partial charge is 0.350 e. The number of halogens is 2. The van der Waals surface area contributed by atoms with E-state index in [0.29, 0.717) is 5.82 Å². The fraction of sp³-hybridized carbons (Fsp3) is 0.429. The lowest BCUT2D eigenvalue weighted by molar-refractivity contribution is 0.490. The van der Waals surface area contributed by atoms with Crippen molar-refractivity contribution in [2.45, 2.75) is 38.6 Å². The first-order valence-corrected chi connectivity index (χ1v) is 6.71. The normalized spacial score (nSPS) is 15.9. The lowest BCUT2D eigenvalue weighted by Crippen LogP contribution is -2.26. The molecule has 0 saturated heterocycles. The van der Waals surface area contributed by atoms with Gasteiger partial charge < -0.3 is 0 Å². The summed E-state index contributed by atoms with van der Waals surface area (Å²) < 4.78 is 29.2. The van der Waals surface area contributed by atoms with E-state index in [1.807, 2.05) is 0 Å². The fourth-order valence-electron chi connectivity index (χ4n) is 2.89. The molecule has 1 fully saturated rings. The number of benzene rings is 1. The molecule has 1 aromatic heterocycles. The minimum absolute atomic E-state index is 0.118. The number of nitrogens with zero attached hydrogens (tertiary/aromatic N) is 3. The Bertz CT molecular complexity index is 679. The Morgan fingerprint density at radius 2 is 1.75 bits per heavy atom. The first-order chi connectivity index (χ1) is 9.56. The van der Waals surface area contributed by atoms with Crippen LogP contribution >= 0.6 is 0 Å². The second-order valence-electron chi connectivity index (χ2n) is 5.18. The van der Waals surface area contributed by atoms with Crippen molar-refractivity contribution in [3.63, 3.8) is 0 Å². The lowest BCUT2D eigenvalue weighted by Gasteiger charge is -2.10. The molecule has 0 amide bonds. The molecule has 20 heavy (non-hydrogen) atoms. The van der Waals surface area contributed by atoms with Crippen LogP contribution in [0.3, 0.4) is 0 Å². The molecule has 1 aromatic carbocycles. The first-order valence-electron chi connectivity index (χ1n) is 6.71. The highest BCUT2D eigenvalue weighted by molar-refractivity contribution is 5.31. The van der Waals surface area contributed by atoms with Crippen molar-refractivity contribution in [1.29, 1.82) is 0 Å². The topological polar surface area (TPSA) is 39.8 Å². The quantitative estimate of drug-likeness (QED) is 0.848. The summed E-state index contributed by atoms with van der Waals surface area (Å²) in [6, 6.07) is 3.14. The summed E-state index contributed by atoms with van der Waals surface area (Å²) in [6.07, 6.45) is 4.08. The molecule has 0 atom stereocenters. The summed E-state index contributed by atoms with van der Waals surface area (Å²) in [5.41, 5.74) is -0.216. The van der Waals surface area contributed by atoms with Gasteiger partial charge in [0.2, 0.25) is 0 Å². The first kappa shape index (κ1) is 13.0. The van der Waals surface area contributed by atoms with Crippen molar-refractivity contribution in [1.82, 2.24) is 14.3 Å². The zero-order valence-electron chi connectivity index (χ0n) is 11.1. The van der Waals surface area contributed by atoms with Gasteiger partial charge in [0.05, 0.1) is 5.69 Å². The van der Waals surface area contributed by atoms with Gasteiger partial charge in [-0.3, -0.25) is 4.57 Å². The molecular weight excluding hydrogens is 264 g/mol. The van der Waals surface area contributed by atoms with E-state index in [9.17, 15) is 13.6 Å². The smallest absolute Gasteiger partial charge is 0.276 e. The van der Waals surface area contributed by atoms with Gasteiger partial charge >= 0.3 is 5.69 Å². The maximum Gasteiger partial charge on any atom is 0.350 e. The molecule has 0 unspecified atom stereocenters. The fourth-order valence-corrected chi connectivity index (χ4v) is 2.89. The summed E-state index contributed by atoms with van der Waals surface area (Å²) in [5.74, 6) is -0.869. The Kier molecular flexibility index (Phi) is 3.16. The predicted octanol–water partition coefficient (Wildman–Crippen LogP) is 2.74. The van der Waals surface area contributed by atoms with Crippen molar-refractivity contribution < 1.29 is 8.78 Å². The van der Waals surface area contributed by atoms with Crippen LogP contribution < -0.4 is 5.69 Å². The molecule has 106 valence electrons. The van der Waals surface area contributed by atoms with Crippen LogP contribution in [-0.2, 0) is 0 Å². The van der Waals surface area contributed by atoms with Gasteiger partial charge in [0.1, 0.15) is 17.5 Å². The van der Waals surface area contributed by atoms with Crippen LogP contribution in [0.5, 0.6) is 0 Å². The zero-order valence-corrected chi connectivity index (χ0v) is 11.1. The zero-order chi connectivity index (χ0) is 14.3. The molecule has 3 rings (SSSR count). The van der Waals surface area contributed by atoms with Crippen LogP contribution in [0.15, 0.2) is 23.0 Å². The summed E-state index contributed by atoms with van der Waals surface area (Å²) in [6.45, 7) is 1.74. The van der Waals surface area contributed by atoms with Crippen LogP contribution in [0.2, 0.25) is 0 Å². The number of rotatable bonds is 2. The van der Waals surface area contributed by atoms with Gasteiger partial charge in [0.25, 0.3) is 0 Å². The summed E-state index contributed by atoms with van der Waals surface area (Å²) in [4.78, 5) is 12.4. The number of hydrogen-bond acceptors (Lipinski definition) is 2. The van der Waals surface area contributed by atoms with Crippen LogP contribution in [0.25, 0.3) is 5.69 Å². The van der Waals surface area contributed by atoms with Crippen molar-refractivity contribution in [2.24, 2.45) is 0 Å².